The van der Waals surface area contributed by atoms with Gasteiger partial charge in [-0.15, -0.1) is 11.8 Å². The maximum absolute atomic E-state index is 11.4. The quantitative estimate of drug-likeness (QED) is 0.624. The number of carbonyl (C=O) groups is 1. The van der Waals surface area contributed by atoms with E-state index in [4.69, 9.17) is 0 Å². The smallest absolute Gasteiger partial charge is 0.221 e. The number of nitrogens with one attached hydrogen (secondary N) is 1. The van der Waals surface area contributed by atoms with E-state index in [1.807, 2.05) is 30.0 Å². The molecule has 1 N–H and O–H groups in total. The van der Waals surface area contributed by atoms with E-state index in [1.54, 1.807) is 0 Å². The number of fused-ring (bicyclic) bond motifs is 2. The van der Waals surface area contributed by atoms with Crippen molar-refractivity contribution < 1.29 is 4.79 Å². The van der Waals surface area contributed by atoms with E-state index >= 15 is 0 Å². The van der Waals surface area contributed by atoms with Gasteiger partial charge in [-0.05, 0) is 52.1 Å². The number of carbonyl (C=O) groups excluding carboxylic acids is 1. The predicted octanol–water partition coefficient (Wildman–Crippen LogP) is 5.84. The second-order valence-electron chi connectivity index (χ2n) is 6.31. The normalized spacial score (nSPS) is 14.3. The molecule has 0 spiro atoms. The number of hydrogen-bond acceptors (Lipinski definition) is 2. The van der Waals surface area contributed by atoms with Gasteiger partial charge in [0.05, 0.1) is 0 Å². The Kier molecular flexibility index (Phi) is 4.63. The number of rotatable bonds is 2. The zero-order valence-corrected chi connectivity index (χ0v) is 15.3. The number of benzene rings is 3. The molecule has 0 atom stereocenters. The summed E-state index contributed by atoms with van der Waals surface area (Å²) in [5.41, 5.74) is 6.99. The Bertz CT molecular complexity index is 957. The summed E-state index contributed by atoms with van der Waals surface area (Å²) in [7, 11) is 0. The SMILES string of the molecule is CC(=O)Nc1cccc(C=C2c3ccccc3CSc3ccccc32)c1. The lowest BCUT2D eigenvalue weighted by molar-refractivity contribution is -0.114. The minimum absolute atomic E-state index is 0.0589. The molecule has 128 valence electrons. The molecule has 1 amide bonds. The van der Waals surface area contributed by atoms with E-state index < -0.39 is 0 Å². The Morgan fingerprint density at radius 1 is 0.962 bits per heavy atom. The van der Waals surface area contributed by atoms with Gasteiger partial charge in [-0.25, -0.2) is 0 Å². The summed E-state index contributed by atoms with van der Waals surface area (Å²) in [6.45, 7) is 1.53. The van der Waals surface area contributed by atoms with Crippen LogP contribution in [0.1, 0.15) is 29.2 Å². The average molecular weight is 357 g/mol. The van der Waals surface area contributed by atoms with Gasteiger partial charge in [-0.2, -0.15) is 0 Å². The van der Waals surface area contributed by atoms with Crippen LogP contribution in [-0.2, 0) is 10.5 Å². The molecular weight excluding hydrogens is 338 g/mol. The average Bonchev–Trinajstić information content (AvgIpc) is 2.80. The Morgan fingerprint density at radius 2 is 1.73 bits per heavy atom. The van der Waals surface area contributed by atoms with Crippen LogP contribution in [0, 0.1) is 0 Å². The first-order valence-electron chi connectivity index (χ1n) is 8.60. The lowest BCUT2D eigenvalue weighted by atomic mass is 9.92. The maximum atomic E-state index is 11.4. The van der Waals surface area contributed by atoms with Crippen molar-refractivity contribution in [2.45, 2.75) is 17.6 Å². The molecule has 4 rings (SSSR count). The third kappa shape index (κ3) is 3.44. The Morgan fingerprint density at radius 3 is 2.58 bits per heavy atom. The zero-order valence-electron chi connectivity index (χ0n) is 14.5. The number of amides is 1. The van der Waals surface area contributed by atoms with E-state index in [9.17, 15) is 4.79 Å². The molecule has 3 heteroatoms. The molecule has 0 fully saturated rings. The summed E-state index contributed by atoms with van der Waals surface area (Å²) in [6, 6.07) is 25.1. The summed E-state index contributed by atoms with van der Waals surface area (Å²) >= 11 is 1.88. The van der Waals surface area contributed by atoms with Gasteiger partial charge in [0, 0.05) is 23.3 Å². The van der Waals surface area contributed by atoms with Gasteiger partial charge in [0.25, 0.3) is 0 Å². The highest BCUT2D eigenvalue weighted by Gasteiger charge is 2.17. The third-order valence-electron chi connectivity index (χ3n) is 4.39. The van der Waals surface area contributed by atoms with Gasteiger partial charge >= 0.3 is 0 Å². The fourth-order valence-corrected chi connectivity index (χ4v) is 4.33. The molecule has 1 heterocycles. The molecule has 0 unspecified atom stereocenters. The van der Waals surface area contributed by atoms with Crippen molar-refractivity contribution in [1.82, 2.24) is 0 Å². The first-order valence-corrected chi connectivity index (χ1v) is 9.59. The van der Waals surface area contributed by atoms with Crippen molar-refractivity contribution in [2.75, 3.05) is 5.32 Å². The van der Waals surface area contributed by atoms with Crippen LogP contribution < -0.4 is 5.32 Å². The van der Waals surface area contributed by atoms with Gasteiger partial charge in [-0.3, -0.25) is 4.79 Å². The van der Waals surface area contributed by atoms with Gasteiger partial charge in [0.1, 0.15) is 0 Å². The molecule has 3 aromatic carbocycles. The van der Waals surface area contributed by atoms with E-state index in [1.165, 1.54) is 34.1 Å². The van der Waals surface area contributed by atoms with Crippen molar-refractivity contribution in [3.8, 4) is 0 Å². The van der Waals surface area contributed by atoms with Crippen LogP contribution in [0.4, 0.5) is 5.69 Å². The molecular formula is C23H19NOS. The number of thioether (sulfide) groups is 1. The number of anilines is 1. The van der Waals surface area contributed by atoms with Crippen LogP contribution in [0.25, 0.3) is 11.6 Å². The minimum atomic E-state index is -0.0589. The van der Waals surface area contributed by atoms with Crippen LogP contribution in [0.2, 0.25) is 0 Å². The lowest BCUT2D eigenvalue weighted by Gasteiger charge is -2.12. The Balaban J connectivity index is 1.87. The van der Waals surface area contributed by atoms with Crippen LogP contribution in [-0.4, -0.2) is 5.91 Å². The van der Waals surface area contributed by atoms with Crippen LogP contribution in [0.15, 0.2) is 77.7 Å². The highest BCUT2D eigenvalue weighted by molar-refractivity contribution is 7.98. The Hall–Kier alpha value is -2.78. The highest BCUT2D eigenvalue weighted by atomic mass is 32.2. The maximum Gasteiger partial charge on any atom is 0.221 e. The first-order chi connectivity index (χ1) is 12.7. The largest absolute Gasteiger partial charge is 0.326 e. The summed E-state index contributed by atoms with van der Waals surface area (Å²) in [5, 5.41) is 2.86. The van der Waals surface area contributed by atoms with Gasteiger partial charge < -0.3 is 5.32 Å². The molecule has 1 aliphatic rings. The predicted molar refractivity (Wildman–Crippen MR) is 110 cm³/mol. The summed E-state index contributed by atoms with van der Waals surface area (Å²) in [6.07, 6.45) is 2.22. The van der Waals surface area contributed by atoms with Crippen molar-refractivity contribution in [3.05, 3.63) is 95.1 Å². The van der Waals surface area contributed by atoms with Crippen LogP contribution >= 0.6 is 11.8 Å². The van der Waals surface area contributed by atoms with Crippen molar-refractivity contribution in [3.63, 3.8) is 0 Å². The fraction of sp³-hybridized carbons (Fsp3) is 0.0870. The lowest BCUT2D eigenvalue weighted by Crippen LogP contribution is -2.05. The standard InChI is InChI=1S/C23H19NOS/c1-16(25)24-19-9-6-7-17(13-19)14-22-20-10-3-2-8-18(20)15-26-23-12-5-4-11-21(22)23/h2-14H,15H2,1H3,(H,24,25). The second kappa shape index (κ2) is 7.22. The minimum Gasteiger partial charge on any atom is -0.326 e. The molecule has 0 aromatic heterocycles. The van der Waals surface area contributed by atoms with E-state index in [-0.39, 0.29) is 5.91 Å². The van der Waals surface area contributed by atoms with E-state index in [0.29, 0.717) is 0 Å². The van der Waals surface area contributed by atoms with Gasteiger partial charge in [-0.1, -0.05) is 54.6 Å². The van der Waals surface area contributed by atoms with Crippen molar-refractivity contribution in [1.29, 1.82) is 0 Å². The molecule has 2 nitrogen and oxygen atoms in total. The summed E-state index contributed by atoms with van der Waals surface area (Å²) < 4.78 is 0. The number of hydrogen-bond donors (Lipinski definition) is 1. The van der Waals surface area contributed by atoms with Crippen molar-refractivity contribution >= 4 is 35.0 Å². The Labute approximate surface area is 158 Å². The van der Waals surface area contributed by atoms with E-state index in [0.717, 1.165) is 17.0 Å². The molecule has 0 radical (unpaired) electrons. The molecule has 0 aliphatic carbocycles. The van der Waals surface area contributed by atoms with Crippen molar-refractivity contribution in [2.24, 2.45) is 0 Å². The summed E-state index contributed by atoms with van der Waals surface area (Å²) in [5.74, 6) is 0.910. The molecule has 3 aromatic rings. The third-order valence-corrected chi connectivity index (χ3v) is 5.51. The summed E-state index contributed by atoms with van der Waals surface area (Å²) in [4.78, 5) is 12.7. The zero-order chi connectivity index (χ0) is 17.9. The topological polar surface area (TPSA) is 29.1 Å². The first kappa shape index (κ1) is 16.7. The fourth-order valence-electron chi connectivity index (χ4n) is 3.26. The monoisotopic (exact) mass is 357 g/mol. The van der Waals surface area contributed by atoms with Crippen LogP contribution in [0.5, 0.6) is 0 Å². The molecule has 0 saturated carbocycles. The second-order valence-corrected chi connectivity index (χ2v) is 7.32. The van der Waals surface area contributed by atoms with E-state index in [2.05, 4.69) is 66.0 Å². The molecule has 26 heavy (non-hydrogen) atoms. The molecule has 1 aliphatic heterocycles. The molecule has 0 bridgehead atoms. The van der Waals surface area contributed by atoms with Gasteiger partial charge in [0.2, 0.25) is 5.91 Å². The highest BCUT2D eigenvalue weighted by Crippen LogP contribution is 2.40. The molecule has 0 saturated heterocycles. The van der Waals surface area contributed by atoms with Crippen LogP contribution in [0.3, 0.4) is 0 Å². The van der Waals surface area contributed by atoms with Gasteiger partial charge in [0.15, 0.2) is 0 Å².